The number of pyridine rings is 1. The number of hydrogen-bond donors (Lipinski definition) is 1. The fourth-order valence-electron chi connectivity index (χ4n) is 2.83. The highest BCUT2D eigenvalue weighted by atomic mass is 15.2. The molecule has 3 rings (SSSR count). The van der Waals surface area contributed by atoms with Crippen LogP contribution in [0.15, 0.2) is 24.4 Å². The quantitative estimate of drug-likeness (QED) is 0.773. The minimum Gasteiger partial charge on any atom is -0.315 e. The van der Waals surface area contributed by atoms with Gasteiger partial charge in [0.15, 0.2) is 0 Å². The summed E-state index contributed by atoms with van der Waals surface area (Å²) in [5.74, 6) is 0.883. The van der Waals surface area contributed by atoms with E-state index in [2.05, 4.69) is 27.3 Å². The number of likely N-dealkylation sites (tertiary alicyclic amines) is 1. The molecule has 3 heteroatoms. The van der Waals surface area contributed by atoms with E-state index >= 15 is 0 Å². The van der Waals surface area contributed by atoms with Crippen LogP contribution in [-0.4, -0.2) is 35.6 Å². The Morgan fingerprint density at radius 1 is 1.40 bits per heavy atom. The topological polar surface area (TPSA) is 28.2 Å². The average molecular weight is 203 g/mol. The third kappa shape index (κ3) is 1.77. The maximum Gasteiger partial charge on any atom is 0.0544 e. The zero-order valence-corrected chi connectivity index (χ0v) is 8.89. The van der Waals surface area contributed by atoms with Crippen molar-refractivity contribution in [2.75, 3.05) is 19.6 Å². The number of nitrogens with zero attached hydrogens (tertiary/aromatic N) is 2. The highest BCUT2D eigenvalue weighted by Gasteiger charge is 2.37. The maximum atomic E-state index is 4.39. The van der Waals surface area contributed by atoms with Gasteiger partial charge in [-0.25, -0.2) is 0 Å². The molecule has 2 aliphatic rings. The summed E-state index contributed by atoms with van der Waals surface area (Å²) in [7, 11) is 0. The van der Waals surface area contributed by atoms with Gasteiger partial charge in [0.25, 0.3) is 0 Å². The molecule has 0 amide bonds. The minimum absolute atomic E-state index is 0.756. The summed E-state index contributed by atoms with van der Waals surface area (Å²) in [5, 5.41) is 3.48. The normalized spacial score (nSPS) is 30.7. The van der Waals surface area contributed by atoms with E-state index in [4.69, 9.17) is 0 Å². The Labute approximate surface area is 90.5 Å². The van der Waals surface area contributed by atoms with E-state index in [9.17, 15) is 0 Å². The van der Waals surface area contributed by atoms with Gasteiger partial charge in [0.05, 0.1) is 5.69 Å². The van der Waals surface area contributed by atoms with Gasteiger partial charge in [-0.2, -0.15) is 0 Å². The van der Waals surface area contributed by atoms with E-state index in [1.165, 1.54) is 25.2 Å². The zero-order valence-electron chi connectivity index (χ0n) is 8.89. The molecule has 0 unspecified atom stereocenters. The van der Waals surface area contributed by atoms with E-state index < -0.39 is 0 Å². The van der Waals surface area contributed by atoms with E-state index in [0.29, 0.717) is 0 Å². The van der Waals surface area contributed by atoms with Gasteiger partial charge < -0.3 is 5.32 Å². The third-order valence-corrected chi connectivity index (χ3v) is 3.65. The molecular formula is C12H17N3. The van der Waals surface area contributed by atoms with Crippen LogP contribution < -0.4 is 5.32 Å². The highest BCUT2D eigenvalue weighted by molar-refractivity contribution is 5.05. The lowest BCUT2D eigenvalue weighted by atomic mass is 10.1. The molecule has 1 N–H and O–H groups in total. The monoisotopic (exact) mass is 203 g/mol. The summed E-state index contributed by atoms with van der Waals surface area (Å²) in [6.07, 6.45) is 3.24. The van der Waals surface area contributed by atoms with E-state index in [-0.39, 0.29) is 0 Å². The smallest absolute Gasteiger partial charge is 0.0544 e. The molecule has 3 nitrogen and oxygen atoms in total. The summed E-state index contributed by atoms with van der Waals surface area (Å²) in [5.41, 5.74) is 1.20. The van der Waals surface area contributed by atoms with Gasteiger partial charge in [-0.1, -0.05) is 6.07 Å². The van der Waals surface area contributed by atoms with Gasteiger partial charge in [-0.3, -0.25) is 9.88 Å². The van der Waals surface area contributed by atoms with Gasteiger partial charge in [0.1, 0.15) is 0 Å². The largest absolute Gasteiger partial charge is 0.315 e. The molecule has 0 saturated carbocycles. The van der Waals surface area contributed by atoms with Crippen LogP contribution in [0.1, 0.15) is 12.1 Å². The highest BCUT2D eigenvalue weighted by Crippen LogP contribution is 2.27. The molecule has 0 aromatic carbocycles. The van der Waals surface area contributed by atoms with Crippen molar-refractivity contribution in [2.45, 2.75) is 19.0 Å². The van der Waals surface area contributed by atoms with Crippen molar-refractivity contribution in [1.82, 2.24) is 15.2 Å². The lowest BCUT2D eigenvalue weighted by molar-refractivity contribution is 0.241. The Balaban J connectivity index is 1.69. The molecule has 2 fully saturated rings. The van der Waals surface area contributed by atoms with Crippen molar-refractivity contribution in [3.63, 3.8) is 0 Å². The van der Waals surface area contributed by atoms with Crippen LogP contribution in [0.2, 0.25) is 0 Å². The summed E-state index contributed by atoms with van der Waals surface area (Å²) in [6, 6.07) is 6.93. The first-order chi connectivity index (χ1) is 7.43. The summed E-state index contributed by atoms with van der Waals surface area (Å²) in [6.45, 7) is 4.64. The maximum absolute atomic E-state index is 4.39. The summed E-state index contributed by atoms with van der Waals surface area (Å²) < 4.78 is 0. The first kappa shape index (κ1) is 9.31. The van der Waals surface area contributed by atoms with Crippen LogP contribution in [0.3, 0.4) is 0 Å². The van der Waals surface area contributed by atoms with Crippen LogP contribution in [0.25, 0.3) is 0 Å². The Hall–Kier alpha value is -0.930. The summed E-state index contributed by atoms with van der Waals surface area (Å²) >= 11 is 0. The zero-order chi connectivity index (χ0) is 10.1. The fraction of sp³-hybridized carbons (Fsp3) is 0.583. The van der Waals surface area contributed by atoms with Gasteiger partial charge in [0.2, 0.25) is 0 Å². The number of nitrogens with one attached hydrogen (secondary N) is 1. The lowest BCUT2D eigenvalue weighted by Crippen LogP contribution is -2.33. The molecule has 1 aromatic heterocycles. The molecule has 0 spiro atoms. The Bertz CT molecular complexity index is 325. The second kappa shape index (κ2) is 3.91. The molecule has 2 aliphatic heterocycles. The van der Waals surface area contributed by atoms with E-state index in [0.717, 1.165) is 25.0 Å². The molecule has 2 saturated heterocycles. The van der Waals surface area contributed by atoms with Crippen molar-refractivity contribution in [2.24, 2.45) is 5.92 Å². The second-order valence-corrected chi connectivity index (χ2v) is 4.57. The van der Waals surface area contributed by atoms with Crippen LogP contribution >= 0.6 is 0 Å². The van der Waals surface area contributed by atoms with Crippen LogP contribution in [0, 0.1) is 5.92 Å². The minimum atomic E-state index is 0.756. The van der Waals surface area contributed by atoms with Gasteiger partial charge in [0, 0.05) is 25.3 Å². The molecule has 0 aliphatic carbocycles. The SMILES string of the molecule is c1ccc(CN2CC[C@H]3CNC[C@H]32)nc1. The summed E-state index contributed by atoms with van der Waals surface area (Å²) in [4.78, 5) is 6.97. The van der Waals surface area contributed by atoms with Crippen molar-refractivity contribution in [3.8, 4) is 0 Å². The number of hydrogen-bond acceptors (Lipinski definition) is 3. The predicted octanol–water partition coefficient (Wildman–Crippen LogP) is 0.875. The average Bonchev–Trinajstić information content (AvgIpc) is 2.85. The predicted molar refractivity (Wildman–Crippen MR) is 59.4 cm³/mol. The third-order valence-electron chi connectivity index (χ3n) is 3.65. The van der Waals surface area contributed by atoms with Crippen LogP contribution in [0.4, 0.5) is 0 Å². The molecule has 3 heterocycles. The first-order valence-corrected chi connectivity index (χ1v) is 5.78. The first-order valence-electron chi connectivity index (χ1n) is 5.78. The van der Waals surface area contributed by atoms with Gasteiger partial charge in [-0.15, -0.1) is 0 Å². The Morgan fingerprint density at radius 2 is 2.40 bits per heavy atom. The number of aromatic nitrogens is 1. The van der Waals surface area contributed by atoms with E-state index in [1.54, 1.807) is 0 Å². The van der Waals surface area contributed by atoms with E-state index in [1.807, 2.05) is 12.3 Å². The molecule has 80 valence electrons. The van der Waals surface area contributed by atoms with Crippen LogP contribution in [0.5, 0.6) is 0 Å². The van der Waals surface area contributed by atoms with Crippen molar-refractivity contribution >= 4 is 0 Å². The van der Waals surface area contributed by atoms with Crippen LogP contribution in [-0.2, 0) is 6.54 Å². The van der Waals surface area contributed by atoms with Gasteiger partial charge >= 0.3 is 0 Å². The molecule has 0 bridgehead atoms. The molecule has 15 heavy (non-hydrogen) atoms. The van der Waals surface area contributed by atoms with Crippen molar-refractivity contribution in [3.05, 3.63) is 30.1 Å². The fourth-order valence-corrected chi connectivity index (χ4v) is 2.83. The molecule has 2 atom stereocenters. The number of rotatable bonds is 2. The standard InChI is InChI=1S/C12H17N3/c1-2-5-14-11(3-1)9-15-6-4-10-7-13-8-12(10)15/h1-3,5,10,12-13H,4,6-9H2/t10-,12+/m0/s1. The molecular weight excluding hydrogens is 186 g/mol. The Morgan fingerprint density at radius 3 is 3.27 bits per heavy atom. The number of fused-ring (bicyclic) bond motifs is 1. The van der Waals surface area contributed by atoms with Crippen molar-refractivity contribution in [1.29, 1.82) is 0 Å². The molecule has 0 radical (unpaired) electrons. The second-order valence-electron chi connectivity index (χ2n) is 4.57. The molecule has 1 aromatic rings. The van der Waals surface area contributed by atoms with Crippen molar-refractivity contribution < 1.29 is 0 Å². The lowest BCUT2D eigenvalue weighted by Gasteiger charge is -2.22. The Kier molecular flexibility index (Phi) is 2.43. The van der Waals surface area contributed by atoms with Gasteiger partial charge in [-0.05, 0) is 37.6 Å².